The maximum Gasteiger partial charge on any atom is 0.163 e. The summed E-state index contributed by atoms with van der Waals surface area (Å²) in [6, 6.07) is 10.0. The first-order chi connectivity index (χ1) is 19.4. The van der Waals surface area contributed by atoms with Crippen molar-refractivity contribution in [2.75, 3.05) is 19.8 Å². The van der Waals surface area contributed by atoms with Gasteiger partial charge in [-0.2, -0.15) is 0 Å². The van der Waals surface area contributed by atoms with Gasteiger partial charge >= 0.3 is 0 Å². The normalized spacial score (nSPS) is 39.4. The van der Waals surface area contributed by atoms with E-state index in [2.05, 4.69) is 27.7 Å². The van der Waals surface area contributed by atoms with Crippen molar-refractivity contribution in [3.05, 3.63) is 30.3 Å². The third-order valence-electron chi connectivity index (χ3n) is 9.03. The van der Waals surface area contributed by atoms with Gasteiger partial charge in [0.05, 0.1) is 37.6 Å². The second-order valence-electron chi connectivity index (χ2n) is 12.8. The molecule has 4 aliphatic rings. The van der Waals surface area contributed by atoms with Gasteiger partial charge < -0.3 is 38.6 Å². The van der Waals surface area contributed by atoms with Crippen LogP contribution in [0.4, 0.5) is 0 Å². The standard InChI is InChI=1S/C19H28O4S.C13H24O4.Ac/c1-5-14-16(18(20)24-13-9-7-6-8-10-13)12(2)17(22-14)15-11-21-19(3,4)23-15;1-5-10-9(6-14)8(2)12(16-10)11-7-15-13(3,4)17-11;/h6-10,12,14-18,20H,5,11H2,1-4H3;8-12,14H,5-7H2,1-4H3;. The predicted molar refractivity (Wildman–Crippen MR) is 158 cm³/mol. The number of aliphatic hydroxyl groups excluding tert-OH is 2. The molecule has 0 aliphatic carbocycles. The number of thioether (sulfide) groups is 1. The van der Waals surface area contributed by atoms with E-state index in [-0.39, 0.29) is 105 Å². The van der Waals surface area contributed by atoms with Crippen LogP contribution in [0.1, 0.15) is 68.2 Å². The van der Waals surface area contributed by atoms with Crippen molar-refractivity contribution in [3.8, 4) is 0 Å². The smallest absolute Gasteiger partial charge is 0.163 e. The fraction of sp³-hybridized carbons (Fsp3) is 0.812. The molecule has 1 aromatic rings. The molecule has 4 fully saturated rings. The van der Waals surface area contributed by atoms with Crippen LogP contribution in [0.15, 0.2) is 35.2 Å². The minimum Gasteiger partial charge on any atom is -0.396 e. The van der Waals surface area contributed by atoms with Crippen LogP contribution in [0.5, 0.6) is 0 Å². The molecule has 0 aromatic heterocycles. The number of rotatable bonds is 8. The SMILES string of the molecule is CCC1OC(C2COC(C)(C)O2)C(C)C1C(O)Sc1ccccc1.CCC1OC(C2COC(C)(C)O2)C(C)C1CO.[Ac]. The fourth-order valence-corrected chi connectivity index (χ4v) is 7.97. The van der Waals surface area contributed by atoms with E-state index in [0.717, 1.165) is 17.7 Å². The van der Waals surface area contributed by atoms with E-state index in [9.17, 15) is 10.2 Å². The van der Waals surface area contributed by atoms with Gasteiger partial charge in [0.25, 0.3) is 0 Å². The van der Waals surface area contributed by atoms with Crippen LogP contribution in [0.2, 0.25) is 0 Å². The van der Waals surface area contributed by atoms with E-state index in [0.29, 0.717) is 19.1 Å². The molecule has 237 valence electrons. The van der Waals surface area contributed by atoms with Crippen LogP contribution in [0, 0.1) is 67.7 Å². The summed E-state index contributed by atoms with van der Waals surface area (Å²) >= 11 is 1.51. The van der Waals surface area contributed by atoms with E-state index in [1.165, 1.54) is 11.8 Å². The molecule has 11 unspecified atom stereocenters. The predicted octanol–water partition coefficient (Wildman–Crippen LogP) is 5.24. The Labute approximate surface area is 292 Å². The van der Waals surface area contributed by atoms with Gasteiger partial charge in [0.2, 0.25) is 0 Å². The van der Waals surface area contributed by atoms with Crippen molar-refractivity contribution < 1.29 is 82.7 Å². The summed E-state index contributed by atoms with van der Waals surface area (Å²) in [6.45, 7) is 17.5. The minimum absolute atomic E-state index is 0. The molecule has 0 bridgehead atoms. The van der Waals surface area contributed by atoms with Gasteiger partial charge in [-0.1, -0.05) is 57.7 Å². The number of hydrogen-bond acceptors (Lipinski definition) is 9. The Balaban J connectivity index is 0.000000238. The number of hydrogen-bond donors (Lipinski definition) is 2. The Morgan fingerprint density at radius 2 is 1.33 bits per heavy atom. The summed E-state index contributed by atoms with van der Waals surface area (Å²) in [7, 11) is 0. The van der Waals surface area contributed by atoms with Gasteiger partial charge in [0.15, 0.2) is 11.6 Å². The van der Waals surface area contributed by atoms with Gasteiger partial charge in [-0.25, -0.2) is 0 Å². The molecule has 4 saturated heterocycles. The van der Waals surface area contributed by atoms with E-state index in [4.69, 9.17) is 28.4 Å². The van der Waals surface area contributed by atoms with E-state index < -0.39 is 17.0 Å². The zero-order chi connectivity index (χ0) is 29.9. The minimum atomic E-state index is -0.551. The first-order valence-electron chi connectivity index (χ1n) is 15.3. The van der Waals surface area contributed by atoms with Crippen molar-refractivity contribution in [2.45, 2.75) is 127 Å². The average molecular weight is 824 g/mol. The van der Waals surface area contributed by atoms with Crippen molar-refractivity contribution in [1.82, 2.24) is 0 Å². The molecule has 1 radical (unpaired) electrons. The summed E-state index contributed by atoms with van der Waals surface area (Å²) < 4.78 is 35.5. The number of benzene rings is 1. The molecule has 1 aromatic carbocycles. The molecule has 5 rings (SSSR count). The maximum absolute atomic E-state index is 10.8. The largest absolute Gasteiger partial charge is 0.396 e. The molecule has 0 amide bonds. The zero-order valence-electron chi connectivity index (χ0n) is 26.6. The van der Waals surface area contributed by atoms with Crippen molar-refractivity contribution >= 4 is 11.8 Å². The van der Waals surface area contributed by atoms with Crippen LogP contribution in [-0.4, -0.2) is 83.7 Å². The third-order valence-corrected chi connectivity index (χ3v) is 10.1. The van der Waals surface area contributed by atoms with Gasteiger partial charge in [-0.3, -0.25) is 0 Å². The Bertz CT molecular complexity index is 952. The maximum atomic E-state index is 10.8. The topological polar surface area (TPSA) is 95.8 Å². The Hall–Kier alpha value is 0.692. The van der Waals surface area contributed by atoms with E-state index in [1.54, 1.807) is 0 Å². The Morgan fingerprint density at radius 1 is 0.833 bits per heavy atom. The van der Waals surface area contributed by atoms with Crippen molar-refractivity contribution in [2.24, 2.45) is 23.7 Å². The molecule has 4 aliphatic heterocycles. The first kappa shape index (κ1) is 37.2. The number of ether oxygens (including phenoxy) is 6. The molecule has 42 heavy (non-hydrogen) atoms. The fourth-order valence-electron chi connectivity index (χ4n) is 6.80. The van der Waals surface area contributed by atoms with Crippen molar-refractivity contribution in [1.29, 1.82) is 0 Å². The summed E-state index contributed by atoms with van der Waals surface area (Å²) in [5.74, 6) is -0.233. The van der Waals surface area contributed by atoms with Gasteiger partial charge in [-0.05, 0) is 64.5 Å². The van der Waals surface area contributed by atoms with E-state index in [1.807, 2.05) is 58.0 Å². The Morgan fingerprint density at radius 3 is 1.76 bits per heavy atom. The van der Waals surface area contributed by atoms with Crippen LogP contribution in [0.3, 0.4) is 0 Å². The quantitative estimate of drug-likeness (QED) is 0.270. The van der Waals surface area contributed by atoms with Gasteiger partial charge in [0, 0.05) is 67.4 Å². The molecule has 0 saturated carbocycles. The third kappa shape index (κ3) is 8.94. The molecule has 4 heterocycles. The summed E-state index contributed by atoms with van der Waals surface area (Å²) in [5, 5.41) is 20.3. The van der Waals surface area contributed by atoms with Crippen molar-refractivity contribution in [3.63, 3.8) is 0 Å². The molecule has 2 N–H and O–H groups in total. The summed E-state index contributed by atoms with van der Waals surface area (Å²) in [6.07, 6.45) is 1.94. The van der Waals surface area contributed by atoms with E-state index >= 15 is 0 Å². The molecule has 11 atom stereocenters. The molecular weight excluding hydrogens is 771 g/mol. The molecule has 10 heteroatoms. The van der Waals surface area contributed by atoms with Crippen LogP contribution >= 0.6 is 11.8 Å². The molecule has 8 nitrogen and oxygen atoms in total. The van der Waals surface area contributed by atoms with Gasteiger partial charge in [-0.15, -0.1) is 0 Å². The first-order valence-corrected chi connectivity index (χ1v) is 16.2. The monoisotopic (exact) mass is 823 g/mol. The Kier molecular flexibility index (Phi) is 14.2. The second kappa shape index (κ2) is 16.0. The second-order valence-corrected chi connectivity index (χ2v) is 14.0. The van der Waals surface area contributed by atoms with Gasteiger partial charge in [0.1, 0.15) is 17.6 Å². The molecular formula is C32H52AcO8S. The average Bonchev–Trinajstić information content (AvgIpc) is 3.67. The van der Waals surface area contributed by atoms with Crippen LogP contribution < -0.4 is 0 Å². The van der Waals surface area contributed by atoms with Crippen LogP contribution in [0.25, 0.3) is 0 Å². The summed E-state index contributed by atoms with van der Waals surface area (Å²) in [4.78, 5) is 1.08. The molecule has 0 spiro atoms. The summed E-state index contributed by atoms with van der Waals surface area (Å²) in [5.41, 5.74) is -0.493. The van der Waals surface area contributed by atoms with Crippen LogP contribution in [-0.2, 0) is 28.4 Å². The number of aliphatic hydroxyl groups is 2. The zero-order valence-corrected chi connectivity index (χ0v) is 32.2.